The van der Waals surface area contributed by atoms with Gasteiger partial charge in [-0.05, 0) is 167 Å². The Labute approximate surface area is 741 Å². The number of primary amides is 1. The van der Waals surface area contributed by atoms with Crippen molar-refractivity contribution in [2.24, 2.45) is 46.6 Å². The number of hydrogen-bond donors (Lipinski definition) is 11. The zero-order valence-electron chi connectivity index (χ0n) is 67.4. The number of thioether (sulfide) groups is 1. The SMILES string of the molecule is CC(=O)Nc1ccc2nsc(N=Nc3c(O)c(C(=O)Nc4ccc(CO)cc4)cc4ccccc34)c2c1.CSc1nnc(N=Nc2c(O)c(C(N)=O)cc3ccccc23)s1.Cc1nsc(N=Nc2c(O)c(C(=O)Nc3ccc(CO)cc3)cc3ccccc23)c1C=O.[C-]#[N+]c1c(C(=O)OCC)csc1N=Nc1c(O)c(C(=O)Nc2ccc(C)cc2)cc2ccccc12. The van der Waals surface area contributed by atoms with Gasteiger partial charge in [-0.2, -0.15) is 13.9 Å². The first-order valence-corrected chi connectivity index (χ1v) is 42.4. The number of aldehydes is 1. The van der Waals surface area contributed by atoms with Gasteiger partial charge in [-0.15, -0.1) is 57.3 Å². The number of fused-ring (bicyclic) bond motifs is 5. The summed E-state index contributed by atoms with van der Waals surface area (Å²) in [6, 6.07) is 61.1. The Morgan fingerprint density at radius 2 is 0.913 bits per heavy atom. The number of phenols is 4. The van der Waals surface area contributed by atoms with Gasteiger partial charge in [0.2, 0.25) is 11.6 Å². The van der Waals surface area contributed by atoms with Crippen molar-refractivity contribution in [2.75, 3.05) is 34.1 Å². The van der Waals surface area contributed by atoms with Crippen LogP contribution in [-0.2, 0) is 22.7 Å². The third-order valence-corrected chi connectivity index (χ3v) is 23.0. The number of aromatic hydroxyl groups is 4. The van der Waals surface area contributed by atoms with Crippen molar-refractivity contribution in [1.29, 1.82) is 0 Å². The van der Waals surface area contributed by atoms with Crippen molar-refractivity contribution >= 4 is 225 Å². The van der Waals surface area contributed by atoms with Gasteiger partial charge in [0, 0.05) is 56.6 Å². The van der Waals surface area contributed by atoms with E-state index in [2.05, 4.69) is 86.0 Å². The molecule has 12 aromatic carbocycles. The summed E-state index contributed by atoms with van der Waals surface area (Å²) >= 11 is 5.96. The molecule has 634 valence electrons. The van der Waals surface area contributed by atoms with Gasteiger partial charge >= 0.3 is 5.97 Å². The van der Waals surface area contributed by atoms with Crippen LogP contribution in [0.5, 0.6) is 23.0 Å². The second-order valence-corrected chi connectivity index (χ2v) is 31.5. The molecule has 16 rings (SSSR count). The second-order valence-electron chi connectivity index (χ2n) is 27.2. The molecule has 0 aliphatic heterocycles. The van der Waals surface area contributed by atoms with Crippen LogP contribution < -0.4 is 27.0 Å². The average molecular weight is 1790 g/mol. The molecular weight excluding hydrogens is 1720 g/mol. The first kappa shape index (κ1) is 89.1. The molecule has 0 fully saturated rings. The van der Waals surface area contributed by atoms with E-state index < -0.39 is 29.6 Å². The van der Waals surface area contributed by atoms with Crippen LogP contribution in [0.15, 0.2) is 263 Å². The number of hydrogen-bond acceptors (Lipinski definition) is 31. The van der Waals surface area contributed by atoms with Gasteiger partial charge in [0.05, 0.1) is 71.0 Å². The van der Waals surface area contributed by atoms with Gasteiger partial charge in [-0.3, -0.25) is 28.8 Å². The number of aromatic nitrogens is 4. The molecule has 0 spiro atoms. The maximum absolute atomic E-state index is 13.1. The maximum Gasteiger partial charge on any atom is 0.328 e. The molecule has 0 atom stereocenters. The summed E-state index contributed by atoms with van der Waals surface area (Å²) in [6.45, 7) is 14.2. The number of esters is 1. The molecule has 32 nitrogen and oxygen atoms in total. The van der Waals surface area contributed by atoms with Crippen molar-refractivity contribution in [2.45, 2.75) is 45.2 Å². The van der Waals surface area contributed by atoms with Crippen LogP contribution >= 0.6 is 57.5 Å². The molecule has 4 heterocycles. The van der Waals surface area contributed by atoms with E-state index >= 15 is 0 Å². The Balaban J connectivity index is 0.000000147. The summed E-state index contributed by atoms with van der Waals surface area (Å²) in [5.74, 6) is -4.35. The van der Waals surface area contributed by atoms with Crippen LogP contribution in [0.25, 0.3) is 58.8 Å². The van der Waals surface area contributed by atoms with Crippen molar-refractivity contribution in [3.63, 3.8) is 0 Å². The number of thiophene rings is 1. The standard InChI is InChI=1S/C27H21N5O4S.C26H20N4O4S.C23H18N4O4S.C14H11N5O2S2/c1-15(34)28-19-10-11-23-21(13-19)27(37-32-23)31-30-24-20-5-3-2-4-17(20)12-22(25(24)35)26(36)29-18-8-6-16(14-33)7-9-18;1-4-34-26(33)20-14-35-25(22(20)27-3)30-29-21-18-8-6-5-7-16(18)13-19(23(21)31)24(32)28-17-11-9-15(2)10-12-17;1-13-19(12-29)23(32-27-13)26-25-20-17-5-3-2-4-15(17)10-18(21(20)30)22(31)24-16-8-6-14(11-28)7-9-16;1-22-14-19-18-13(23-14)17-16-10-8-5-3-2-4-7(8)6-9(11(10)20)12(15)21/h2-13,33,35H,14H2,1H3,(H,28,34)(H,29,36);5-14,31H,4H2,1-2H3,(H,28,32);2-10,12,28,30H,11H2,1H3,(H,24,31);2-6,20H,1H3,(H2,15,21). The van der Waals surface area contributed by atoms with E-state index in [4.69, 9.17) is 22.1 Å². The molecule has 12 N–H and O–H groups in total. The number of anilines is 4. The Kier molecular flexibility index (Phi) is 28.8. The number of ether oxygens (including phenoxy) is 1. The summed E-state index contributed by atoms with van der Waals surface area (Å²) < 4.78 is 14.2. The van der Waals surface area contributed by atoms with Gasteiger partial charge in [0.1, 0.15) is 27.8 Å². The molecule has 0 aliphatic rings. The molecular formula is C90H70N18O14S5. The van der Waals surface area contributed by atoms with E-state index in [1.165, 1.54) is 41.5 Å². The first-order valence-electron chi connectivity index (χ1n) is 37.9. The predicted molar refractivity (Wildman–Crippen MR) is 492 cm³/mol. The number of rotatable bonds is 22. The maximum atomic E-state index is 13.1. The smallest absolute Gasteiger partial charge is 0.328 e. The molecule has 37 heteroatoms. The van der Waals surface area contributed by atoms with Gasteiger partial charge in [0.25, 0.3) is 28.8 Å². The number of phenolic OH excluding ortho intramolecular Hbond substituents is 3. The number of carbonyl (C=O) groups is 7. The minimum absolute atomic E-state index is 0.000262. The molecule has 127 heavy (non-hydrogen) atoms. The molecule has 0 radical (unpaired) electrons. The highest BCUT2D eigenvalue weighted by molar-refractivity contribution is 8.00. The predicted octanol–water partition coefficient (Wildman–Crippen LogP) is 22.5. The molecule has 0 bridgehead atoms. The summed E-state index contributed by atoms with van der Waals surface area (Å²) in [5, 5.41) is 123. The zero-order valence-corrected chi connectivity index (χ0v) is 71.4. The van der Waals surface area contributed by atoms with Crippen LogP contribution in [0.1, 0.15) is 98.4 Å². The largest absolute Gasteiger partial charge is 0.505 e. The lowest BCUT2D eigenvalue weighted by Crippen LogP contribution is -2.12. The minimum Gasteiger partial charge on any atom is -0.505 e. The number of aliphatic hydroxyl groups is 2. The average Bonchev–Trinajstić information content (AvgIpc) is 1.72. The van der Waals surface area contributed by atoms with Crippen LogP contribution in [0, 0.1) is 20.4 Å². The fourth-order valence-corrected chi connectivity index (χ4v) is 15.7. The number of azo groups is 4. The van der Waals surface area contributed by atoms with E-state index in [0.717, 1.165) is 49.7 Å². The number of carbonyl (C=O) groups excluding carboxylic acids is 7. The summed E-state index contributed by atoms with van der Waals surface area (Å²) in [4.78, 5) is 88.8. The highest BCUT2D eigenvalue weighted by Crippen LogP contribution is 2.47. The van der Waals surface area contributed by atoms with Crippen molar-refractivity contribution < 1.29 is 68.9 Å². The number of benzene rings is 12. The number of nitrogens with two attached hydrogens (primary N) is 1. The quantitative estimate of drug-likeness (QED) is 0.00987. The van der Waals surface area contributed by atoms with E-state index in [9.17, 15) is 59.1 Å². The fourth-order valence-electron chi connectivity index (χ4n) is 12.4. The van der Waals surface area contributed by atoms with Crippen LogP contribution in [0.3, 0.4) is 0 Å². The Bertz CT molecular complexity index is 7110. The molecule has 0 aliphatic carbocycles. The highest BCUT2D eigenvalue weighted by atomic mass is 32.2. The molecule has 0 saturated heterocycles. The molecule has 16 aromatic rings. The molecule has 5 amide bonds. The summed E-state index contributed by atoms with van der Waals surface area (Å²) in [6.07, 6.45) is 2.55. The van der Waals surface area contributed by atoms with Crippen molar-refractivity contribution in [1.82, 2.24) is 18.9 Å². The van der Waals surface area contributed by atoms with Crippen LogP contribution in [-0.4, -0.2) is 104 Å². The third-order valence-electron chi connectivity index (χ3n) is 18.7. The normalized spacial score (nSPS) is 11.2. The first-order chi connectivity index (χ1) is 61.5. The lowest BCUT2D eigenvalue weighted by Gasteiger charge is -2.11. The summed E-state index contributed by atoms with van der Waals surface area (Å²) in [5.41, 5.74) is 12.4. The van der Waals surface area contributed by atoms with E-state index in [0.29, 0.717) is 115 Å². The van der Waals surface area contributed by atoms with Crippen molar-refractivity contribution in [3.05, 3.63) is 285 Å². The number of aliphatic hydroxyl groups excluding tert-OH is 2. The van der Waals surface area contributed by atoms with E-state index in [1.807, 2.05) is 67.8 Å². The lowest BCUT2D eigenvalue weighted by atomic mass is 10.0. The monoisotopic (exact) mass is 1790 g/mol. The molecule has 0 saturated carbocycles. The van der Waals surface area contributed by atoms with Crippen LogP contribution in [0.2, 0.25) is 0 Å². The van der Waals surface area contributed by atoms with E-state index in [1.54, 1.807) is 166 Å². The van der Waals surface area contributed by atoms with Gasteiger partial charge in [-0.1, -0.05) is 162 Å². The fraction of sp³-hybridized carbons (Fsp3) is 0.0889. The van der Waals surface area contributed by atoms with Crippen LogP contribution in [0.4, 0.5) is 71.3 Å². The minimum atomic E-state index is -0.731. The third kappa shape index (κ3) is 21.0. The van der Waals surface area contributed by atoms with Gasteiger partial charge in [-0.25, -0.2) is 9.64 Å². The summed E-state index contributed by atoms with van der Waals surface area (Å²) in [7, 11) is 0. The molecule has 4 aromatic heterocycles. The Morgan fingerprint density at radius 3 is 1.34 bits per heavy atom. The lowest BCUT2D eigenvalue weighted by molar-refractivity contribution is -0.114. The van der Waals surface area contributed by atoms with E-state index in [-0.39, 0.29) is 110 Å². The highest BCUT2D eigenvalue weighted by Gasteiger charge is 2.26. The zero-order chi connectivity index (χ0) is 90.0. The van der Waals surface area contributed by atoms with Gasteiger partial charge in [0.15, 0.2) is 43.6 Å². The van der Waals surface area contributed by atoms with Crippen molar-refractivity contribution in [3.8, 4) is 23.0 Å². The Morgan fingerprint density at radius 1 is 0.496 bits per heavy atom. The number of nitrogens with zero attached hydrogens (tertiary/aromatic N) is 13. The molecule has 0 unspecified atom stereocenters. The Hall–Kier alpha value is -15.7. The topological polar surface area (TPSA) is 479 Å². The number of amides is 5. The number of nitrogens with one attached hydrogen (secondary N) is 4. The second kappa shape index (κ2) is 41.0. The number of aryl methyl sites for hydroxylation is 2. The van der Waals surface area contributed by atoms with Gasteiger partial charge < -0.3 is 62.4 Å².